The Morgan fingerprint density at radius 3 is 2.83 bits per heavy atom. The van der Waals surface area contributed by atoms with Gasteiger partial charge in [-0.15, -0.1) is 0 Å². The Morgan fingerprint density at radius 2 is 2.11 bits per heavy atom. The third kappa shape index (κ3) is 4.91. The summed E-state index contributed by atoms with van der Waals surface area (Å²) >= 11 is 2.24. The Balaban J connectivity index is 2.35. The average molecular weight is 362 g/mol. The molecule has 0 bridgehead atoms. The number of halogens is 1. The van der Waals surface area contributed by atoms with Crippen LogP contribution >= 0.6 is 22.6 Å². The molecule has 1 aromatic carbocycles. The van der Waals surface area contributed by atoms with Crippen LogP contribution in [0.5, 0.6) is 0 Å². The molecule has 0 aliphatic heterocycles. The van der Waals surface area contributed by atoms with Gasteiger partial charge in [-0.3, -0.25) is 4.79 Å². The summed E-state index contributed by atoms with van der Waals surface area (Å²) in [5.41, 5.74) is 1.78. The van der Waals surface area contributed by atoms with Crippen molar-refractivity contribution in [3.8, 4) is 0 Å². The molecule has 0 saturated heterocycles. The van der Waals surface area contributed by atoms with Crippen molar-refractivity contribution in [2.75, 3.05) is 33.4 Å². The minimum Gasteiger partial charge on any atom is -0.383 e. The maximum absolute atomic E-state index is 11.9. The zero-order valence-corrected chi connectivity index (χ0v) is 12.9. The Hall–Kier alpha value is -0.660. The molecule has 4 nitrogen and oxygen atoms in total. The predicted octanol–water partition coefficient (Wildman–Crippen LogP) is 1.57. The molecule has 1 aromatic rings. The first-order chi connectivity index (χ1) is 8.66. The van der Waals surface area contributed by atoms with Crippen molar-refractivity contribution in [2.45, 2.75) is 6.92 Å². The number of carbonyl (C=O) groups excluding carboxylic acids is 1. The monoisotopic (exact) mass is 362 g/mol. The van der Waals surface area contributed by atoms with Crippen molar-refractivity contribution < 1.29 is 9.53 Å². The van der Waals surface area contributed by atoms with E-state index in [2.05, 4.69) is 33.2 Å². The van der Waals surface area contributed by atoms with E-state index in [-0.39, 0.29) is 5.91 Å². The summed E-state index contributed by atoms with van der Waals surface area (Å²) < 4.78 is 6.03. The fraction of sp³-hybridized carbons (Fsp3) is 0.462. The molecule has 0 unspecified atom stereocenters. The first-order valence-electron chi connectivity index (χ1n) is 5.89. The van der Waals surface area contributed by atoms with Crippen molar-refractivity contribution in [1.29, 1.82) is 0 Å². The molecule has 0 aliphatic rings. The first-order valence-corrected chi connectivity index (χ1v) is 6.97. The van der Waals surface area contributed by atoms with Gasteiger partial charge in [0, 0.05) is 35.9 Å². The van der Waals surface area contributed by atoms with E-state index in [0.29, 0.717) is 13.2 Å². The SMILES string of the molecule is COCCNCCNC(=O)c1cccc(I)c1C. The number of ether oxygens (including phenoxy) is 1. The van der Waals surface area contributed by atoms with Gasteiger partial charge in [0.2, 0.25) is 0 Å². The van der Waals surface area contributed by atoms with Gasteiger partial charge in [-0.05, 0) is 47.2 Å². The number of methoxy groups -OCH3 is 1. The molecular weight excluding hydrogens is 343 g/mol. The van der Waals surface area contributed by atoms with Gasteiger partial charge in [-0.1, -0.05) is 6.07 Å². The van der Waals surface area contributed by atoms with Crippen LogP contribution in [-0.2, 0) is 4.74 Å². The molecule has 2 N–H and O–H groups in total. The molecule has 100 valence electrons. The highest BCUT2D eigenvalue weighted by Crippen LogP contribution is 2.15. The van der Waals surface area contributed by atoms with Crippen LogP contribution in [0.1, 0.15) is 15.9 Å². The van der Waals surface area contributed by atoms with E-state index in [1.807, 2.05) is 25.1 Å². The zero-order chi connectivity index (χ0) is 13.4. The standard InChI is InChI=1S/C13H19IN2O2/c1-10-11(4-3-5-12(10)14)13(17)16-7-6-15-8-9-18-2/h3-5,15H,6-9H2,1-2H3,(H,16,17). The van der Waals surface area contributed by atoms with Crippen molar-refractivity contribution in [3.63, 3.8) is 0 Å². The van der Waals surface area contributed by atoms with Gasteiger partial charge in [0.05, 0.1) is 6.61 Å². The third-order valence-electron chi connectivity index (χ3n) is 2.58. The topological polar surface area (TPSA) is 50.4 Å². The van der Waals surface area contributed by atoms with Crippen LogP contribution in [0.25, 0.3) is 0 Å². The lowest BCUT2D eigenvalue weighted by atomic mass is 10.1. The number of benzene rings is 1. The van der Waals surface area contributed by atoms with Gasteiger partial charge < -0.3 is 15.4 Å². The van der Waals surface area contributed by atoms with E-state index in [0.717, 1.165) is 27.8 Å². The van der Waals surface area contributed by atoms with Crippen molar-refractivity contribution in [2.24, 2.45) is 0 Å². The van der Waals surface area contributed by atoms with Crippen LogP contribution in [0.4, 0.5) is 0 Å². The van der Waals surface area contributed by atoms with Gasteiger partial charge in [0.15, 0.2) is 0 Å². The molecular formula is C13H19IN2O2. The molecule has 0 radical (unpaired) electrons. The van der Waals surface area contributed by atoms with Crippen molar-refractivity contribution in [1.82, 2.24) is 10.6 Å². The van der Waals surface area contributed by atoms with Gasteiger partial charge in [-0.2, -0.15) is 0 Å². The van der Waals surface area contributed by atoms with Crippen LogP contribution in [0, 0.1) is 10.5 Å². The molecule has 0 aliphatic carbocycles. The van der Waals surface area contributed by atoms with Crippen LogP contribution in [0.2, 0.25) is 0 Å². The van der Waals surface area contributed by atoms with Gasteiger partial charge in [0.1, 0.15) is 0 Å². The number of nitrogens with one attached hydrogen (secondary N) is 2. The van der Waals surface area contributed by atoms with Gasteiger partial charge in [-0.25, -0.2) is 0 Å². The summed E-state index contributed by atoms with van der Waals surface area (Å²) in [6.07, 6.45) is 0. The second-order valence-corrected chi connectivity index (χ2v) is 5.07. The fourth-order valence-electron chi connectivity index (χ4n) is 1.51. The summed E-state index contributed by atoms with van der Waals surface area (Å²) in [5.74, 6) is -0.0143. The second kappa shape index (κ2) is 8.44. The lowest BCUT2D eigenvalue weighted by molar-refractivity contribution is 0.0953. The highest BCUT2D eigenvalue weighted by atomic mass is 127. The zero-order valence-electron chi connectivity index (χ0n) is 10.8. The minimum absolute atomic E-state index is 0.0143. The highest BCUT2D eigenvalue weighted by Gasteiger charge is 2.09. The minimum atomic E-state index is -0.0143. The molecule has 0 atom stereocenters. The second-order valence-electron chi connectivity index (χ2n) is 3.91. The number of rotatable bonds is 7. The maximum atomic E-state index is 11.9. The van der Waals surface area contributed by atoms with E-state index < -0.39 is 0 Å². The summed E-state index contributed by atoms with van der Waals surface area (Å²) in [7, 11) is 1.67. The molecule has 1 amide bonds. The molecule has 0 saturated carbocycles. The Morgan fingerprint density at radius 1 is 1.33 bits per heavy atom. The summed E-state index contributed by atoms with van der Waals surface area (Å²) in [6, 6.07) is 5.75. The lowest BCUT2D eigenvalue weighted by Crippen LogP contribution is -2.33. The smallest absolute Gasteiger partial charge is 0.251 e. The number of hydrogen-bond acceptors (Lipinski definition) is 3. The molecule has 0 aromatic heterocycles. The van der Waals surface area contributed by atoms with E-state index in [1.54, 1.807) is 7.11 Å². The largest absolute Gasteiger partial charge is 0.383 e. The average Bonchev–Trinajstić information content (AvgIpc) is 2.36. The first kappa shape index (κ1) is 15.4. The number of carbonyl (C=O) groups is 1. The normalized spacial score (nSPS) is 10.4. The molecule has 18 heavy (non-hydrogen) atoms. The number of amides is 1. The van der Waals surface area contributed by atoms with Crippen LogP contribution in [0.15, 0.2) is 18.2 Å². The third-order valence-corrected chi connectivity index (χ3v) is 3.75. The highest BCUT2D eigenvalue weighted by molar-refractivity contribution is 14.1. The van der Waals surface area contributed by atoms with Crippen molar-refractivity contribution in [3.05, 3.63) is 32.9 Å². The van der Waals surface area contributed by atoms with E-state index in [4.69, 9.17) is 4.74 Å². The Bertz CT molecular complexity index is 397. The summed E-state index contributed by atoms with van der Waals surface area (Å²) in [6.45, 7) is 4.82. The van der Waals surface area contributed by atoms with E-state index in [1.165, 1.54) is 0 Å². The van der Waals surface area contributed by atoms with Crippen LogP contribution < -0.4 is 10.6 Å². The van der Waals surface area contributed by atoms with Gasteiger partial charge in [0.25, 0.3) is 5.91 Å². The lowest BCUT2D eigenvalue weighted by Gasteiger charge is -2.09. The fourth-order valence-corrected chi connectivity index (χ4v) is 2.01. The van der Waals surface area contributed by atoms with Crippen LogP contribution in [-0.4, -0.2) is 39.3 Å². The molecule has 0 fully saturated rings. The quantitative estimate of drug-likeness (QED) is 0.572. The summed E-state index contributed by atoms with van der Waals surface area (Å²) in [5, 5.41) is 6.08. The molecule has 0 spiro atoms. The van der Waals surface area contributed by atoms with E-state index >= 15 is 0 Å². The predicted molar refractivity (Wildman–Crippen MR) is 81.0 cm³/mol. The maximum Gasteiger partial charge on any atom is 0.251 e. The Labute approximate surface area is 122 Å². The van der Waals surface area contributed by atoms with Crippen molar-refractivity contribution >= 4 is 28.5 Å². The Kier molecular flexibility index (Phi) is 7.22. The van der Waals surface area contributed by atoms with E-state index in [9.17, 15) is 4.79 Å². The number of hydrogen-bond donors (Lipinski definition) is 2. The molecule has 5 heteroatoms. The summed E-state index contributed by atoms with van der Waals surface area (Å²) in [4.78, 5) is 11.9. The van der Waals surface area contributed by atoms with Crippen LogP contribution in [0.3, 0.4) is 0 Å². The van der Waals surface area contributed by atoms with Gasteiger partial charge >= 0.3 is 0 Å². The molecule has 0 heterocycles. The molecule has 1 rings (SSSR count).